The van der Waals surface area contributed by atoms with Crippen LogP contribution in [0, 0.1) is 6.92 Å². The SMILES string of the molecule is CCN(C)C(=O)COc1cccc(C(=O)O)c1C. The number of likely N-dealkylation sites (N-methyl/N-ethyl adjacent to an activating group) is 1. The van der Waals surface area contributed by atoms with E-state index in [9.17, 15) is 9.59 Å². The Hall–Kier alpha value is -2.04. The number of benzene rings is 1. The van der Waals surface area contributed by atoms with Gasteiger partial charge in [0.2, 0.25) is 0 Å². The van der Waals surface area contributed by atoms with Gasteiger partial charge in [-0.2, -0.15) is 0 Å². The third-order valence-electron chi connectivity index (χ3n) is 2.77. The molecule has 0 aliphatic rings. The number of carboxylic acid groups (broad SMARTS) is 1. The number of rotatable bonds is 5. The molecule has 0 unspecified atom stereocenters. The summed E-state index contributed by atoms with van der Waals surface area (Å²) in [5.74, 6) is -0.722. The minimum Gasteiger partial charge on any atom is -0.483 e. The first-order valence-electron chi connectivity index (χ1n) is 5.67. The van der Waals surface area contributed by atoms with E-state index in [0.717, 1.165) is 0 Å². The Labute approximate surface area is 106 Å². The molecular formula is C13H17NO4. The van der Waals surface area contributed by atoms with E-state index in [1.54, 1.807) is 26.1 Å². The fourth-order valence-electron chi connectivity index (χ4n) is 1.43. The molecular weight excluding hydrogens is 234 g/mol. The van der Waals surface area contributed by atoms with Crippen molar-refractivity contribution in [1.29, 1.82) is 0 Å². The van der Waals surface area contributed by atoms with Crippen LogP contribution in [0.1, 0.15) is 22.8 Å². The number of hydrogen-bond donors (Lipinski definition) is 1. The highest BCUT2D eigenvalue weighted by Gasteiger charge is 2.13. The molecule has 0 bridgehead atoms. The predicted octanol–water partition coefficient (Wildman–Crippen LogP) is 1.55. The quantitative estimate of drug-likeness (QED) is 0.862. The monoisotopic (exact) mass is 251 g/mol. The van der Waals surface area contributed by atoms with Crippen LogP contribution in [0.3, 0.4) is 0 Å². The van der Waals surface area contributed by atoms with E-state index in [1.165, 1.54) is 11.0 Å². The van der Waals surface area contributed by atoms with Gasteiger partial charge in [-0.25, -0.2) is 4.79 Å². The Morgan fingerprint density at radius 1 is 1.39 bits per heavy atom. The summed E-state index contributed by atoms with van der Waals surface area (Å²) in [6, 6.07) is 4.76. The van der Waals surface area contributed by atoms with Gasteiger partial charge in [0.25, 0.3) is 5.91 Å². The molecule has 0 heterocycles. The molecule has 0 saturated carbocycles. The highest BCUT2D eigenvalue weighted by Crippen LogP contribution is 2.21. The van der Waals surface area contributed by atoms with Gasteiger partial charge >= 0.3 is 5.97 Å². The first kappa shape index (κ1) is 14.0. The molecule has 1 N–H and O–H groups in total. The lowest BCUT2D eigenvalue weighted by Gasteiger charge is -2.16. The summed E-state index contributed by atoms with van der Waals surface area (Å²) >= 11 is 0. The lowest BCUT2D eigenvalue weighted by Crippen LogP contribution is -2.31. The van der Waals surface area contributed by atoms with Gasteiger partial charge in [-0.05, 0) is 26.0 Å². The van der Waals surface area contributed by atoms with Crippen LogP contribution in [-0.2, 0) is 4.79 Å². The molecule has 0 atom stereocenters. The molecule has 1 aromatic rings. The maximum atomic E-state index is 11.6. The van der Waals surface area contributed by atoms with Gasteiger partial charge in [0, 0.05) is 19.2 Å². The average molecular weight is 251 g/mol. The summed E-state index contributed by atoms with van der Waals surface area (Å²) in [5.41, 5.74) is 0.709. The van der Waals surface area contributed by atoms with Gasteiger partial charge in [0.1, 0.15) is 5.75 Å². The van der Waals surface area contributed by atoms with Crippen LogP contribution in [0.5, 0.6) is 5.75 Å². The Bertz CT molecular complexity index is 456. The zero-order chi connectivity index (χ0) is 13.7. The molecule has 1 amide bonds. The topological polar surface area (TPSA) is 66.8 Å². The van der Waals surface area contributed by atoms with Crippen LogP contribution in [0.15, 0.2) is 18.2 Å². The molecule has 1 rings (SSSR count). The lowest BCUT2D eigenvalue weighted by atomic mass is 10.1. The number of aromatic carboxylic acids is 1. The third kappa shape index (κ3) is 3.23. The van der Waals surface area contributed by atoms with Crippen LogP contribution >= 0.6 is 0 Å². The van der Waals surface area contributed by atoms with Crippen molar-refractivity contribution < 1.29 is 19.4 Å². The second kappa shape index (κ2) is 6.05. The van der Waals surface area contributed by atoms with E-state index in [4.69, 9.17) is 9.84 Å². The van der Waals surface area contributed by atoms with Crippen LogP contribution < -0.4 is 4.74 Å². The molecule has 0 aliphatic carbocycles. The van der Waals surface area contributed by atoms with Gasteiger partial charge < -0.3 is 14.7 Å². The largest absolute Gasteiger partial charge is 0.483 e. The molecule has 0 fully saturated rings. The smallest absolute Gasteiger partial charge is 0.336 e. The van der Waals surface area contributed by atoms with Crippen molar-refractivity contribution >= 4 is 11.9 Å². The molecule has 0 radical (unpaired) electrons. The number of amides is 1. The van der Waals surface area contributed by atoms with Gasteiger partial charge in [-0.1, -0.05) is 6.07 Å². The summed E-state index contributed by atoms with van der Waals surface area (Å²) in [4.78, 5) is 24.0. The van der Waals surface area contributed by atoms with E-state index in [2.05, 4.69) is 0 Å². The summed E-state index contributed by atoms with van der Waals surface area (Å²) in [7, 11) is 1.69. The lowest BCUT2D eigenvalue weighted by molar-refractivity contribution is -0.131. The van der Waals surface area contributed by atoms with E-state index in [-0.39, 0.29) is 18.1 Å². The molecule has 0 aromatic heterocycles. The molecule has 18 heavy (non-hydrogen) atoms. The normalized spacial score (nSPS) is 9.94. The number of ether oxygens (including phenoxy) is 1. The van der Waals surface area contributed by atoms with Gasteiger partial charge in [0.15, 0.2) is 6.61 Å². The second-order valence-corrected chi connectivity index (χ2v) is 3.93. The standard InChI is InChI=1S/C13H17NO4/c1-4-14(3)12(15)8-18-11-7-5-6-10(9(11)2)13(16)17/h5-7H,4,8H2,1-3H3,(H,16,17). The number of carboxylic acids is 1. The van der Waals surface area contributed by atoms with E-state index in [0.29, 0.717) is 17.9 Å². The van der Waals surface area contributed by atoms with Gasteiger partial charge in [0.05, 0.1) is 5.56 Å². The Morgan fingerprint density at radius 3 is 2.61 bits per heavy atom. The fourth-order valence-corrected chi connectivity index (χ4v) is 1.43. The minimum absolute atomic E-state index is 0.0890. The third-order valence-corrected chi connectivity index (χ3v) is 2.77. The molecule has 0 saturated heterocycles. The highest BCUT2D eigenvalue weighted by atomic mass is 16.5. The summed E-state index contributed by atoms with van der Waals surface area (Å²) < 4.78 is 5.36. The fraction of sp³-hybridized carbons (Fsp3) is 0.385. The maximum Gasteiger partial charge on any atom is 0.336 e. The van der Waals surface area contributed by atoms with Crippen LogP contribution in [0.2, 0.25) is 0 Å². The molecule has 5 heteroatoms. The second-order valence-electron chi connectivity index (χ2n) is 3.93. The van der Waals surface area contributed by atoms with Crippen LogP contribution in [-0.4, -0.2) is 42.1 Å². The van der Waals surface area contributed by atoms with E-state index >= 15 is 0 Å². The Balaban J connectivity index is 2.77. The Kier molecular flexibility index (Phi) is 4.71. The van der Waals surface area contributed by atoms with Gasteiger partial charge in [-0.3, -0.25) is 4.79 Å². The molecule has 0 spiro atoms. The molecule has 5 nitrogen and oxygen atoms in total. The Morgan fingerprint density at radius 2 is 2.06 bits per heavy atom. The van der Waals surface area contributed by atoms with Crippen molar-refractivity contribution in [2.45, 2.75) is 13.8 Å². The van der Waals surface area contributed by atoms with Crippen molar-refractivity contribution in [3.8, 4) is 5.75 Å². The number of hydrogen-bond acceptors (Lipinski definition) is 3. The number of nitrogens with zero attached hydrogens (tertiary/aromatic N) is 1. The summed E-state index contributed by atoms with van der Waals surface area (Å²) in [6.07, 6.45) is 0. The minimum atomic E-state index is -1.00. The van der Waals surface area contributed by atoms with Crippen molar-refractivity contribution in [3.05, 3.63) is 29.3 Å². The zero-order valence-corrected chi connectivity index (χ0v) is 10.8. The van der Waals surface area contributed by atoms with Crippen molar-refractivity contribution in [1.82, 2.24) is 4.90 Å². The predicted molar refractivity (Wildman–Crippen MR) is 66.9 cm³/mol. The van der Waals surface area contributed by atoms with Crippen molar-refractivity contribution in [2.24, 2.45) is 0 Å². The van der Waals surface area contributed by atoms with Crippen molar-refractivity contribution in [2.75, 3.05) is 20.2 Å². The number of carbonyl (C=O) groups is 2. The van der Waals surface area contributed by atoms with E-state index in [1.807, 2.05) is 6.92 Å². The summed E-state index contributed by atoms with van der Waals surface area (Å²) in [5, 5.41) is 8.96. The first-order valence-corrected chi connectivity index (χ1v) is 5.67. The molecule has 98 valence electrons. The van der Waals surface area contributed by atoms with Gasteiger partial charge in [-0.15, -0.1) is 0 Å². The van der Waals surface area contributed by atoms with Crippen LogP contribution in [0.4, 0.5) is 0 Å². The first-order chi connectivity index (χ1) is 8.47. The summed E-state index contributed by atoms with van der Waals surface area (Å²) in [6.45, 7) is 4.05. The van der Waals surface area contributed by atoms with Crippen molar-refractivity contribution in [3.63, 3.8) is 0 Å². The molecule has 1 aromatic carbocycles. The van der Waals surface area contributed by atoms with Crippen LogP contribution in [0.25, 0.3) is 0 Å². The number of carbonyl (C=O) groups excluding carboxylic acids is 1. The maximum absolute atomic E-state index is 11.6. The zero-order valence-electron chi connectivity index (χ0n) is 10.8. The highest BCUT2D eigenvalue weighted by molar-refractivity contribution is 5.90. The average Bonchev–Trinajstić information content (AvgIpc) is 2.35. The molecule has 0 aliphatic heterocycles. The van der Waals surface area contributed by atoms with E-state index < -0.39 is 5.97 Å².